The maximum atomic E-state index is 11.5. The number of hydrogen-bond donors (Lipinski definition) is 0. The third kappa shape index (κ3) is 17.2. The second-order valence-corrected chi connectivity index (χ2v) is 5.57. The summed E-state index contributed by atoms with van der Waals surface area (Å²) >= 11 is 0. The molecular weight excluding hydrogens is 376 g/mol. The van der Waals surface area contributed by atoms with Gasteiger partial charge >= 0.3 is 23.9 Å². The lowest BCUT2D eigenvalue weighted by atomic mass is 10.2. The van der Waals surface area contributed by atoms with Crippen LogP contribution in [-0.2, 0) is 47.6 Å². The Kier molecular flexibility index (Phi) is 16.7. The van der Waals surface area contributed by atoms with Gasteiger partial charge in [-0.05, 0) is 12.8 Å². The molecule has 0 rings (SSSR count). The fourth-order valence-electron chi connectivity index (χ4n) is 1.83. The molecule has 0 fully saturated rings. The summed E-state index contributed by atoms with van der Waals surface area (Å²) in [5, 5.41) is 0. The smallest absolute Gasteiger partial charge is 0.305 e. The van der Waals surface area contributed by atoms with Crippen molar-refractivity contribution in [3.8, 4) is 0 Å². The van der Waals surface area contributed by atoms with Crippen LogP contribution in [-0.4, -0.2) is 77.7 Å². The normalized spacial score (nSPS) is 10.2. The van der Waals surface area contributed by atoms with E-state index >= 15 is 0 Å². The molecule has 162 valence electrons. The third-order valence-corrected chi connectivity index (χ3v) is 3.23. The zero-order chi connectivity index (χ0) is 21.0. The van der Waals surface area contributed by atoms with Gasteiger partial charge in [-0.2, -0.15) is 0 Å². The van der Waals surface area contributed by atoms with E-state index in [2.05, 4.69) is 0 Å². The van der Waals surface area contributed by atoms with Crippen LogP contribution in [0.1, 0.15) is 38.5 Å². The lowest BCUT2D eigenvalue weighted by Crippen LogP contribution is -2.15. The second-order valence-electron chi connectivity index (χ2n) is 5.57. The largest absolute Gasteiger partial charge is 0.463 e. The van der Waals surface area contributed by atoms with Gasteiger partial charge in [0.05, 0.1) is 13.2 Å². The monoisotopic (exact) mass is 406 g/mol. The number of ether oxygens (including phenoxy) is 6. The average molecular weight is 406 g/mol. The van der Waals surface area contributed by atoms with Gasteiger partial charge in [0.25, 0.3) is 0 Å². The predicted octanol–water partition coefficient (Wildman–Crippen LogP) is 0.793. The van der Waals surface area contributed by atoms with Crippen LogP contribution in [0, 0.1) is 0 Å². The minimum absolute atomic E-state index is 0.0675. The number of carbonyl (C=O) groups is 4. The van der Waals surface area contributed by atoms with Crippen LogP contribution in [0.2, 0.25) is 0 Å². The van der Waals surface area contributed by atoms with Crippen molar-refractivity contribution in [1.82, 2.24) is 0 Å². The molecule has 0 aromatic carbocycles. The van der Waals surface area contributed by atoms with E-state index in [4.69, 9.17) is 28.4 Å². The summed E-state index contributed by atoms with van der Waals surface area (Å²) in [6, 6.07) is 0. The molecule has 0 bridgehead atoms. The van der Waals surface area contributed by atoms with Crippen molar-refractivity contribution in [3.63, 3.8) is 0 Å². The molecular formula is C18H30O10. The van der Waals surface area contributed by atoms with Crippen LogP contribution in [0.5, 0.6) is 0 Å². The molecule has 0 N–H and O–H groups in total. The Morgan fingerprint density at radius 1 is 0.464 bits per heavy atom. The van der Waals surface area contributed by atoms with Gasteiger partial charge in [-0.1, -0.05) is 0 Å². The molecule has 0 saturated heterocycles. The topological polar surface area (TPSA) is 124 Å². The standard InChI is InChI=1S/C18H30O10/c1-23-9-11-25-15(19)5-3-7-17(21)27-13-14-28-18(22)8-4-6-16(20)26-12-10-24-2/h3-14H2,1-2H3. The molecule has 0 aromatic rings. The molecule has 0 saturated carbocycles. The maximum absolute atomic E-state index is 11.5. The highest BCUT2D eigenvalue weighted by molar-refractivity contribution is 5.73. The van der Waals surface area contributed by atoms with Gasteiger partial charge in [0.15, 0.2) is 0 Å². The minimum Gasteiger partial charge on any atom is -0.463 e. The average Bonchev–Trinajstić information content (AvgIpc) is 2.65. The maximum Gasteiger partial charge on any atom is 0.305 e. The molecule has 0 radical (unpaired) electrons. The molecule has 0 spiro atoms. The summed E-state index contributed by atoms with van der Waals surface area (Å²) in [5.41, 5.74) is 0. The van der Waals surface area contributed by atoms with Crippen LogP contribution < -0.4 is 0 Å². The summed E-state index contributed by atoms with van der Waals surface area (Å²) in [4.78, 5) is 45.6. The minimum atomic E-state index is -0.487. The van der Waals surface area contributed by atoms with E-state index in [1.807, 2.05) is 0 Å². The molecule has 0 aliphatic heterocycles. The number of hydrogen-bond acceptors (Lipinski definition) is 10. The van der Waals surface area contributed by atoms with Crippen LogP contribution in [0.15, 0.2) is 0 Å². The summed E-state index contributed by atoms with van der Waals surface area (Å²) in [5.74, 6) is -1.78. The number of rotatable bonds is 17. The first kappa shape index (κ1) is 25.8. The van der Waals surface area contributed by atoms with Crippen molar-refractivity contribution >= 4 is 23.9 Å². The van der Waals surface area contributed by atoms with E-state index in [1.54, 1.807) is 0 Å². The summed E-state index contributed by atoms with van der Waals surface area (Å²) in [7, 11) is 3.01. The van der Waals surface area contributed by atoms with Crippen molar-refractivity contribution in [2.24, 2.45) is 0 Å². The van der Waals surface area contributed by atoms with E-state index in [9.17, 15) is 19.2 Å². The zero-order valence-electron chi connectivity index (χ0n) is 16.6. The van der Waals surface area contributed by atoms with Gasteiger partial charge in [-0.3, -0.25) is 19.2 Å². The lowest BCUT2D eigenvalue weighted by molar-refractivity contribution is -0.153. The molecule has 0 aliphatic rings. The molecule has 0 aliphatic carbocycles. The van der Waals surface area contributed by atoms with Gasteiger partial charge in [0.1, 0.15) is 26.4 Å². The van der Waals surface area contributed by atoms with Gasteiger partial charge < -0.3 is 28.4 Å². The predicted molar refractivity (Wildman–Crippen MR) is 95.3 cm³/mol. The first-order valence-electron chi connectivity index (χ1n) is 9.10. The Bertz CT molecular complexity index is 421. The van der Waals surface area contributed by atoms with Crippen LogP contribution in [0.4, 0.5) is 0 Å². The van der Waals surface area contributed by atoms with Gasteiger partial charge in [-0.15, -0.1) is 0 Å². The quantitative estimate of drug-likeness (QED) is 0.194. The first-order chi connectivity index (χ1) is 13.5. The molecule has 0 unspecified atom stereocenters. The van der Waals surface area contributed by atoms with Crippen LogP contribution >= 0.6 is 0 Å². The highest BCUT2D eigenvalue weighted by Gasteiger charge is 2.09. The Hall–Kier alpha value is -2.20. The third-order valence-electron chi connectivity index (χ3n) is 3.23. The van der Waals surface area contributed by atoms with E-state index in [0.717, 1.165) is 0 Å². The summed E-state index contributed by atoms with van der Waals surface area (Å²) < 4.78 is 29.0. The van der Waals surface area contributed by atoms with E-state index in [-0.39, 0.29) is 52.1 Å². The molecule has 28 heavy (non-hydrogen) atoms. The summed E-state index contributed by atoms with van der Waals surface area (Å²) in [6.45, 7) is 0.875. The van der Waals surface area contributed by atoms with E-state index in [0.29, 0.717) is 26.1 Å². The Morgan fingerprint density at radius 3 is 0.964 bits per heavy atom. The highest BCUT2D eigenvalue weighted by atomic mass is 16.6. The Balaban J connectivity index is 3.54. The second kappa shape index (κ2) is 18.2. The SMILES string of the molecule is COCCOC(=O)CCCC(=O)OCCOC(=O)CCCC(=O)OCCOC. The van der Waals surface area contributed by atoms with Crippen molar-refractivity contribution < 1.29 is 47.6 Å². The lowest BCUT2D eigenvalue weighted by Gasteiger charge is -2.07. The van der Waals surface area contributed by atoms with Crippen molar-refractivity contribution in [2.45, 2.75) is 38.5 Å². The molecule has 0 atom stereocenters. The van der Waals surface area contributed by atoms with Crippen LogP contribution in [0.3, 0.4) is 0 Å². The molecule has 0 heterocycles. The molecule has 10 heteroatoms. The number of methoxy groups -OCH3 is 2. The summed E-state index contributed by atoms with van der Waals surface area (Å²) in [6.07, 6.45) is 0.982. The molecule has 10 nitrogen and oxygen atoms in total. The zero-order valence-corrected chi connectivity index (χ0v) is 16.6. The van der Waals surface area contributed by atoms with Crippen molar-refractivity contribution in [3.05, 3.63) is 0 Å². The van der Waals surface area contributed by atoms with Gasteiger partial charge in [0.2, 0.25) is 0 Å². The van der Waals surface area contributed by atoms with Crippen molar-refractivity contribution in [1.29, 1.82) is 0 Å². The Morgan fingerprint density at radius 2 is 0.714 bits per heavy atom. The number of carbonyl (C=O) groups excluding carboxylic acids is 4. The fourth-order valence-corrected chi connectivity index (χ4v) is 1.83. The first-order valence-corrected chi connectivity index (χ1v) is 9.10. The van der Waals surface area contributed by atoms with Crippen LogP contribution in [0.25, 0.3) is 0 Å². The number of esters is 4. The van der Waals surface area contributed by atoms with E-state index in [1.165, 1.54) is 14.2 Å². The van der Waals surface area contributed by atoms with Gasteiger partial charge in [0, 0.05) is 39.9 Å². The van der Waals surface area contributed by atoms with Crippen molar-refractivity contribution in [2.75, 3.05) is 53.9 Å². The molecule has 0 aromatic heterocycles. The highest BCUT2D eigenvalue weighted by Crippen LogP contribution is 2.02. The van der Waals surface area contributed by atoms with Gasteiger partial charge in [-0.25, -0.2) is 0 Å². The van der Waals surface area contributed by atoms with E-state index < -0.39 is 23.9 Å². The Labute approximate surface area is 164 Å². The fraction of sp³-hybridized carbons (Fsp3) is 0.778. The molecule has 0 amide bonds.